The van der Waals surface area contributed by atoms with Gasteiger partial charge in [-0.05, 0) is 38.2 Å². The van der Waals surface area contributed by atoms with Crippen LogP contribution in [0.1, 0.15) is 13.8 Å². The topological polar surface area (TPSA) is 68.8 Å². The van der Waals surface area contributed by atoms with Crippen LogP contribution in [0.15, 0.2) is 18.2 Å². The summed E-state index contributed by atoms with van der Waals surface area (Å²) < 4.78 is 9.86. The molecule has 0 atom stereocenters. The molecule has 0 aliphatic rings. The number of thiocarbonyl (C=S) groups is 1. The zero-order valence-corrected chi connectivity index (χ0v) is 14.4. The molecule has 0 heterocycles. The summed E-state index contributed by atoms with van der Waals surface area (Å²) >= 11 is 11.0. The van der Waals surface area contributed by atoms with E-state index in [-0.39, 0.29) is 11.1 Å². The molecular weight excluding hydrogens is 328 g/mol. The Kier molecular flexibility index (Phi) is 6.70. The average molecular weight is 347 g/mol. The molecule has 0 bridgehead atoms. The number of hydrogen-bond donors (Lipinski definition) is 2. The zero-order chi connectivity index (χ0) is 16.8. The summed E-state index contributed by atoms with van der Waals surface area (Å²) in [4.78, 5) is 16.9. The van der Waals surface area contributed by atoms with Crippen LogP contribution in [0.3, 0.4) is 0 Å². The maximum absolute atomic E-state index is 11.6. The Morgan fingerprint density at radius 3 is 2.59 bits per heavy atom. The summed E-state index contributed by atoms with van der Waals surface area (Å²) in [5.74, 6) is 0.571. The number of hydrogen-bond acceptors (Lipinski definition) is 5. The smallest absolute Gasteiger partial charge is 0.313 e. The molecule has 1 aromatic carbocycles. The lowest BCUT2D eigenvalue weighted by atomic mass is 9.94. The van der Waals surface area contributed by atoms with E-state index in [1.807, 2.05) is 0 Å². The van der Waals surface area contributed by atoms with Crippen molar-refractivity contribution < 1.29 is 19.1 Å². The van der Waals surface area contributed by atoms with Crippen LogP contribution in [0.5, 0.6) is 11.5 Å². The summed E-state index contributed by atoms with van der Waals surface area (Å²) in [6.45, 7) is 3.78. The van der Waals surface area contributed by atoms with E-state index in [0.29, 0.717) is 23.1 Å². The van der Waals surface area contributed by atoms with Crippen molar-refractivity contribution in [3.8, 4) is 11.5 Å². The highest BCUT2D eigenvalue weighted by Gasteiger charge is 2.28. The Balaban J connectivity index is 2.54. The predicted molar refractivity (Wildman–Crippen MR) is 88.2 cm³/mol. The van der Waals surface area contributed by atoms with Gasteiger partial charge in [-0.15, -0.1) is 0 Å². The molecule has 0 aliphatic heterocycles. The lowest BCUT2D eigenvalue weighted by Crippen LogP contribution is -2.44. The Morgan fingerprint density at radius 2 is 2.00 bits per heavy atom. The van der Waals surface area contributed by atoms with Crippen molar-refractivity contribution in [2.24, 2.45) is 5.41 Å². The molecule has 0 aliphatic carbocycles. The van der Waals surface area contributed by atoms with Crippen LogP contribution < -0.4 is 20.4 Å². The van der Waals surface area contributed by atoms with Crippen LogP contribution >= 0.6 is 23.8 Å². The van der Waals surface area contributed by atoms with Gasteiger partial charge in [0.15, 0.2) is 16.6 Å². The molecule has 122 valence electrons. The van der Waals surface area contributed by atoms with Crippen LogP contribution in [0.2, 0.25) is 5.02 Å². The highest BCUT2D eigenvalue weighted by atomic mass is 35.5. The first-order valence-corrected chi connectivity index (χ1v) is 7.21. The minimum absolute atomic E-state index is 0.221. The van der Waals surface area contributed by atoms with Crippen LogP contribution in [-0.2, 0) is 9.53 Å². The average Bonchev–Trinajstić information content (AvgIpc) is 2.50. The highest BCUT2D eigenvalue weighted by molar-refractivity contribution is 7.80. The van der Waals surface area contributed by atoms with Crippen LogP contribution in [0.4, 0.5) is 0 Å². The van der Waals surface area contributed by atoms with Crippen molar-refractivity contribution in [3.63, 3.8) is 0 Å². The van der Waals surface area contributed by atoms with Gasteiger partial charge in [0.25, 0.3) is 0 Å². The Bertz CT molecular complexity index is 552. The van der Waals surface area contributed by atoms with Gasteiger partial charge in [0, 0.05) is 17.6 Å². The maximum atomic E-state index is 11.6. The molecule has 2 N–H and O–H groups in total. The van der Waals surface area contributed by atoms with Gasteiger partial charge in [0.05, 0.1) is 19.6 Å². The van der Waals surface area contributed by atoms with E-state index in [4.69, 9.17) is 38.1 Å². The first kappa shape index (κ1) is 18.3. The van der Waals surface area contributed by atoms with Crippen molar-refractivity contribution in [1.29, 1.82) is 0 Å². The molecule has 6 nitrogen and oxygen atoms in total. The number of benzene rings is 1. The normalized spacial score (nSPS) is 10.6. The van der Waals surface area contributed by atoms with Gasteiger partial charge in [-0.3, -0.25) is 4.79 Å². The summed E-state index contributed by atoms with van der Waals surface area (Å²) in [6.07, 6.45) is 0. The summed E-state index contributed by atoms with van der Waals surface area (Å²) in [7, 11) is 2.86. The van der Waals surface area contributed by atoms with E-state index in [2.05, 4.69) is 10.8 Å². The second-order valence-corrected chi connectivity index (χ2v) is 5.90. The van der Waals surface area contributed by atoms with E-state index < -0.39 is 5.41 Å². The number of carbonyl (C=O) groups is 1. The number of nitrogens with one attached hydrogen (secondary N) is 2. The molecule has 0 saturated carbocycles. The quantitative estimate of drug-likeness (QED) is 0.465. The number of carbonyl (C=O) groups excluding carboxylic acids is 1. The van der Waals surface area contributed by atoms with Gasteiger partial charge in [-0.2, -0.15) is 5.48 Å². The van der Waals surface area contributed by atoms with E-state index >= 15 is 0 Å². The minimum atomic E-state index is -0.714. The van der Waals surface area contributed by atoms with Gasteiger partial charge in [-0.1, -0.05) is 11.6 Å². The van der Waals surface area contributed by atoms with Crippen molar-refractivity contribution in [1.82, 2.24) is 10.8 Å². The summed E-state index contributed by atoms with van der Waals surface area (Å²) in [5.41, 5.74) is 1.85. The molecule has 0 radical (unpaired) electrons. The molecule has 1 rings (SSSR count). The van der Waals surface area contributed by atoms with E-state index in [1.165, 1.54) is 14.2 Å². The molecule has 0 saturated heterocycles. The van der Waals surface area contributed by atoms with Crippen molar-refractivity contribution in [2.45, 2.75) is 13.8 Å². The number of methoxy groups -OCH3 is 2. The Hall–Kier alpha value is -1.73. The maximum Gasteiger partial charge on any atom is 0.313 e. The molecule has 0 spiro atoms. The second kappa shape index (κ2) is 8.05. The molecule has 0 amide bonds. The molecule has 1 aromatic rings. The van der Waals surface area contributed by atoms with Crippen molar-refractivity contribution >= 4 is 34.9 Å². The third-order valence-electron chi connectivity index (χ3n) is 2.81. The first-order chi connectivity index (χ1) is 10.3. The van der Waals surface area contributed by atoms with Crippen molar-refractivity contribution in [2.75, 3.05) is 20.8 Å². The largest absolute Gasteiger partial charge is 0.493 e. The van der Waals surface area contributed by atoms with Gasteiger partial charge in [-0.25, -0.2) is 0 Å². The molecule has 8 heteroatoms. The van der Waals surface area contributed by atoms with Gasteiger partial charge >= 0.3 is 5.97 Å². The second-order valence-electron chi connectivity index (χ2n) is 5.06. The van der Waals surface area contributed by atoms with Gasteiger partial charge in [0.2, 0.25) is 0 Å². The zero-order valence-electron chi connectivity index (χ0n) is 12.9. The lowest BCUT2D eigenvalue weighted by molar-refractivity contribution is -0.150. The Labute approximate surface area is 140 Å². The minimum Gasteiger partial charge on any atom is -0.493 e. The number of ether oxygens (including phenoxy) is 2. The van der Waals surface area contributed by atoms with Gasteiger partial charge < -0.3 is 19.6 Å². The monoisotopic (exact) mass is 346 g/mol. The fraction of sp³-hybridized carbons (Fsp3) is 0.429. The molecule has 0 fully saturated rings. The first-order valence-electron chi connectivity index (χ1n) is 6.43. The number of esters is 1. The number of rotatable bonds is 6. The van der Waals surface area contributed by atoms with Crippen LogP contribution in [0, 0.1) is 5.41 Å². The molecule has 22 heavy (non-hydrogen) atoms. The Morgan fingerprint density at radius 1 is 1.32 bits per heavy atom. The summed E-state index contributed by atoms with van der Waals surface area (Å²) in [6, 6.07) is 4.95. The number of hydroxylamine groups is 1. The van der Waals surface area contributed by atoms with E-state index in [9.17, 15) is 4.79 Å². The van der Waals surface area contributed by atoms with Crippen molar-refractivity contribution in [3.05, 3.63) is 23.2 Å². The number of halogens is 1. The fourth-order valence-electron chi connectivity index (χ4n) is 1.52. The lowest BCUT2D eigenvalue weighted by Gasteiger charge is -2.22. The third-order valence-corrected chi connectivity index (χ3v) is 3.27. The molecule has 0 aromatic heterocycles. The molecule has 0 unspecified atom stereocenters. The fourth-order valence-corrected chi connectivity index (χ4v) is 1.79. The third kappa shape index (κ3) is 5.23. The van der Waals surface area contributed by atoms with Gasteiger partial charge in [0.1, 0.15) is 0 Å². The van der Waals surface area contributed by atoms with E-state index in [0.717, 1.165) is 0 Å². The van der Waals surface area contributed by atoms with E-state index in [1.54, 1.807) is 32.0 Å². The standard InChI is InChI=1S/C14H19ClN2O4S/c1-14(2,12(18)20-4)8-16-13(22)17-21-11-7-9(15)5-6-10(11)19-3/h5-7H,8H2,1-4H3,(H2,16,17,22). The highest BCUT2D eigenvalue weighted by Crippen LogP contribution is 2.29. The predicted octanol–water partition coefficient (Wildman–Crippen LogP) is 2.31. The summed E-state index contributed by atoms with van der Waals surface area (Å²) in [5, 5.41) is 3.61. The molecular formula is C14H19ClN2O4S. The SMILES string of the molecule is COC(=O)C(C)(C)CNC(=S)NOc1cc(Cl)ccc1OC. The van der Waals surface area contributed by atoms with Crippen LogP contribution in [0.25, 0.3) is 0 Å². The van der Waals surface area contributed by atoms with Crippen LogP contribution in [-0.4, -0.2) is 31.8 Å².